The molecule has 5 atom stereocenters. The van der Waals surface area contributed by atoms with Gasteiger partial charge < -0.3 is 14.2 Å². The Labute approximate surface area is 274 Å². The van der Waals surface area contributed by atoms with Crippen LogP contribution in [0, 0.1) is 10.1 Å². The summed E-state index contributed by atoms with van der Waals surface area (Å²) in [6.45, 7) is 1.59. The van der Waals surface area contributed by atoms with Crippen LogP contribution in [0.5, 0.6) is 0 Å². The highest BCUT2D eigenvalue weighted by Crippen LogP contribution is 2.50. The summed E-state index contributed by atoms with van der Waals surface area (Å²) < 4.78 is 18.6. The van der Waals surface area contributed by atoms with Gasteiger partial charge in [0.25, 0.3) is 5.69 Å². The molecule has 0 radical (unpaired) electrons. The average Bonchev–Trinajstić information content (AvgIpc) is 3.34. The van der Waals surface area contributed by atoms with Crippen LogP contribution in [0.15, 0.2) is 115 Å². The number of nitro benzene ring substituents is 1. The molecule has 1 amide bonds. The molecular weight excluding hydrogens is 626 g/mol. The molecule has 4 aromatic carbocycles. The highest BCUT2D eigenvalue weighted by Gasteiger charge is 2.68. The summed E-state index contributed by atoms with van der Waals surface area (Å²) in [5.74, 6) is -1.03. The Kier molecular flexibility index (Phi) is 8.89. The molecule has 11 heteroatoms. The molecule has 2 saturated heterocycles. The SMILES string of the molecule is CC(NC(c1ccccc1)(c1ccccc1)c1ccccc1)[S+]([O-])C1(Cl)CC2CC(=O)N2C1C(=O)OCc1ccc([N+](=O)[O-])cc1. The molecule has 1 N–H and O–H groups in total. The fraction of sp³-hybridized carbons (Fsp3) is 0.257. The molecule has 236 valence electrons. The van der Waals surface area contributed by atoms with Gasteiger partial charge in [-0.05, 0) is 52.5 Å². The fourth-order valence-corrected chi connectivity index (χ4v) is 8.99. The van der Waals surface area contributed by atoms with Gasteiger partial charge in [-0.15, -0.1) is 0 Å². The molecule has 0 aromatic heterocycles. The molecule has 2 heterocycles. The Balaban J connectivity index is 1.32. The third kappa shape index (κ3) is 5.66. The van der Waals surface area contributed by atoms with Crippen molar-refractivity contribution in [3.05, 3.63) is 148 Å². The molecule has 5 unspecified atom stereocenters. The van der Waals surface area contributed by atoms with E-state index in [1.807, 2.05) is 91.0 Å². The number of carbonyl (C=O) groups is 2. The number of rotatable bonds is 11. The van der Waals surface area contributed by atoms with Crippen molar-refractivity contribution in [2.75, 3.05) is 0 Å². The zero-order valence-corrected chi connectivity index (χ0v) is 26.5. The van der Waals surface area contributed by atoms with Crippen molar-refractivity contribution in [3.63, 3.8) is 0 Å². The summed E-state index contributed by atoms with van der Waals surface area (Å²) in [6, 6.07) is 33.6. The third-order valence-electron chi connectivity index (χ3n) is 8.74. The van der Waals surface area contributed by atoms with E-state index in [4.69, 9.17) is 16.3 Å². The Morgan fingerprint density at radius 1 is 0.978 bits per heavy atom. The first-order valence-electron chi connectivity index (χ1n) is 14.9. The van der Waals surface area contributed by atoms with Crippen molar-refractivity contribution in [2.45, 2.75) is 53.6 Å². The van der Waals surface area contributed by atoms with Gasteiger partial charge in [0.1, 0.15) is 6.61 Å². The minimum Gasteiger partial charge on any atom is -0.614 e. The first kappa shape index (κ1) is 31.7. The second-order valence-corrected chi connectivity index (χ2v) is 14.4. The summed E-state index contributed by atoms with van der Waals surface area (Å²) in [5, 5.41) is 13.9. The summed E-state index contributed by atoms with van der Waals surface area (Å²) >= 11 is 5.35. The van der Waals surface area contributed by atoms with Crippen LogP contribution in [-0.2, 0) is 37.6 Å². The number of nitro groups is 1. The molecule has 9 nitrogen and oxygen atoms in total. The number of ether oxygens (including phenoxy) is 1. The maximum absolute atomic E-state index is 14.7. The maximum atomic E-state index is 14.7. The van der Waals surface area contributed by atoms with E-state index in [2.05, 4.69) is 5.32 Å². The normalized spacial score (nSPS) is 22.0. The molecule has 2 fully saturated rings. The number of carbonyl (C=O) groups excluding carboxylic acids is 2. The number of benzene rings is 4. The van der Waals surface area contributed by atoms with Gasteiger partial charge >= 0.3 is 5.97 Å². The smallest absolute Gasteiger partial charge is 0.336 e. The van der Waals surface area contributed by atoms with Crippen LogP contribution >= 0.6 is 11.6 Å². The van der Waals surface area contributed by atoms with E-state index in [9.17, 15) is 24.3 Å². The molecule has 6 rings (SSSR count). The lowest BCUT2D eigenvalue weighted by Gasteiger charge is -2.42. The van der Waals surface area contributed by atoms with Gasteiger partial charge in [0.05, 0.1) is 10.5 Å². The lowest BCUT2D eigenvalue weighted by Crippen LogP contribution is -2.61. The van der Waals surface area contributed by atoms with Crippen molar-refractivity contribution in [1.82, 2.24) is 10.2 Å². The number of halogens is 1. The number of esters is 1. The molecule has 2 aliphatic rings. The first-order chi connectivity index (χ1) is 22.1. The lowest BCUT2D eigenvalue weighted by molar-refractivity contribution is -0.384. The van der Waals surface area contributed by atoms with E-state index in [1.54, 1.807) is 6.92 Å². The number of hydrogen-bond donors (Lipinski definition) is 1. The number of non-ortho nitro benzene ring substituents is 1. The van der Waals surface area contributed by atoms with Crippen LogP contribution in [0.1, 0.15) is 42.0 Å². The van der Waals surface area contributed by atoms with Crippen LogP contribution in [0.2, 0.25) is 0 Å². The van der Waals surface area contributed by atoms with Crippen molar-refractivity contribution >= 4 is 40.3 Å². The van der Waals surface area contributed by atoms with Gasteiger partial charge in [-0.25, -0.2) is 4.79 Å². The average molecular weight is 658 g/mol. The number of nitrogens with one attached hydrogen (secondary N) is 1. The first-order valence-corrected chi connectivity index (χ1v) is 16.5. The lowest BCUT2D eigenvalue weighted by atomic mass is 9.77. The van der Waals surface area contributed by atoms with Gasteiger partial charge in [-0.1, -0.05) is 103 Å². The molecule has 0 bridgehead atoms. The monoisotopic (exact) mass is 657 g/mol. The Bertz CT molecular complexity index is 1620. The van der Waals surface area contributed by atoms with E-state index in [0.717, 1.165) is 16.7 Å². The second kappa shape index (κ2) is 12.9. The Hall–Kier alpha value is -4.22. The van der Waals surface area contributed by atoms with E-state index < -0.39 is 43.2 Å². The van der Waals surface area contributed by atoms with Gasteiger partial charge in [-0.2, -0.15) is 0 Å². The third-order valence-corrected chi connectivity index (χ3v) is 11.4. The molecular formula is C35H32ClN3O6S. The van der Waals surface area contributed by atoms with Crippen LogP contribution in [0.4, 0.5) is 5.69 Å². The Morgan fingerprint density at radius 2 is 1.48 bits per heavy atom. The number of nitrogens with zero attached hydrogens (tertiary/aromatic N) is 2. The highest BCUT2D eigenvalue weighted by molar-refractivity contribution is 7.94. The summed E-state index contributed by atoms with van der Waals surface area (Å²) in [6.07, 6.45) is 0.368. The number of fused-ring (bicyclic) bond motifs is 1. The molecule has 4 aromatic rings. The fourth-order valence-electron chi connectivity index (χ4n) is 6.56. The molecule has 0 saturated carbocycles. The second-order valence-electron chi connectivity index (χ2n) is 11.5. The van der Waals surface area contributed by atoms with E-state index in [-0.39, 0.29) is 37.1 Å². The van der Waals surface area contributed by atoms with Crippen molar-refractivity contribution in [3.8, 4) is 0 Å². The van der Waals surface area contributed by atoms with E-state index in [1.165, 1.54) is 29.2 Å². The van der Waals surface area contributed by atoms with Crippen molar-refractivity contribution < 1.29 is 23.8 Å². The predicted molar refractivity (Wildman–Crippen MR) is 175 cm³/mol. The summed E-state index contributed by atoms with van der Waals surface area (Å²) in [5.41, 5.74) is 2.26. The van der Waals surface area contributed by atoms with Crippen LogP contribution in [0.25, 0.3) is 0 Å². The van der Waals surface area contributed by atoms with Crippen LogP contribution in [-0.4, -0.2) is 47.9 Å². The molecule has 0 aliphatic carbocycles. The van der Waals surface area contributed by atoms with E-state index >= 15 is 0 Å². The standard InChI is InChI=1S/C35H32ClN3O6S/c1-24(37-35(26-11-5-2-6-12-26,27-13-7-3-8-14-27)28-15-9-4-10-16-28)46(44)34(36)22-30-21-31(40)38(30)32(34)33(41)45-23-25-17-19-29(20-18-25)39(42)43/h2-20,24,30,32,37H,21-23H2,1H3. The topological polar surface area (TPSA) is 125 Å². The zero-order chi connectivity index (χ0) is 32.5. The minimum atomic E-state index is -1.91. The summed E-state index contributed by atoms with van der Waals surface area (Å²) in [7, 11) is 0. The highest BCUT2D eigenvalue weighted by atomic mass is 35.5. The van der Waals surface area contributed by atoms with Gasteiger partial charge in [0.15, 0.2) is 11.4 Å². The number of alkyl halides is 1. The number of amides is 1. The largest absolute Gasteiger partial charge is 0.614 e. The molecule has 46 heavy (non-hydrogen) atoms. The van der Waals surface area contributed by atoms with Gasteiger partial charge in [-0.3, -0.25) is 20.2 Å². The Morgan fingerprint density at radius 3 is 1.93 bits per heavy atom. The number of β-lactam (4-membered cyclic amide) rings is 1. The maximum Gasteiger partial charge on any atom is 0.336 e. The minimum absolute atomic E-state index is 0.0888. The zero-order valence-electron chi connectivity index (χ0n) is 25.0. The van der Waals surface area contributed by atoms with Crippen molar-refractivity contribution in [1.29, 1.82) is 0 Å². The van der Waals surface area contributed by atoms with Gasteiger partial charge in [0, 0.05) is 31.0 Å². The van der Waals surface area contributed by atoms with Crippen molar-refractivity contribution in [2.24, 2.45) is 0 Å². The van der Waals surface area contributed by atoms with Crippen LogP contribution < -0.4 is 5.32 Å². The number of hydrogen-bond acceptors (Lipinski definition) is 7. The van der Waals surface area contributed by atoms with E-state index in [0.29, 0.717) is 5.56 Å². The quantitative estimate of drug-likeness (QED) is 0.0422. The summed E-state index contributed by atoms with van der Waals surface area (Å²) in [4.78, 5) is 38.3. The van der Waals surface area contributed by atoms with Crippen LogP contribution in [0.3, 0.4) is 0 Å². The van der Waals surface area contributed by atoms with Gasteiger partial charge in [0.2, 0.25) is 10.1 Å². The molecule has 0 spiro atoms. The molecule has 2 aliphatic heterocycles. The predicted octanol–water partition coefficient (Wildman–Crippen LogP) is 5.62.